The third-order valence-corrected chi connectivity index (χ3v) is 3.05. The number of rotatable bonds is 8. The highest BCUT2D eigenvalue weighted by Crippen LogP contribution is 2.25. The van der Waals surface area contributed by atoms with Gasteiger partial charge in [-0.3, -0.25) is 0 Å². The Labute approximate surface area is 119 Å². The second kappa shape index (κ2) is 8.55. The van der Waals surface area contributed by atoms with Gasteiger partial charge < -0.3 is 19.3 Å². The van der Waals surface area contributed by atoms with Crippen molar-refractivity contribution in [2.24, 2.45) is 0 Å². The number of benzene rings is 1. The molecule has 0 amide bonds. The summed E-state index contributed by atoms with van der Waals surface area (Å²) < 4.78 is 15.4. The fourth-order valence-electron chi connectivity index (χ4n) is 2.00. The summed E-state index contributed by atoms with van der Waals surface area (Å²) in [6, 6.07) is 3.54. The minimum absolute atomic E-state index is 0.382. The van der Waals surface area contributed by atoms with Gasteiger partial charge in [-0.2, -0.15) is 0 Å². The monoisotopic (exact) mass is 282 g/mol. The van der Waals surface area contributed by atoms with Crippen LogP contribution in [0.3, 0.4) is 0 Å². The van der Waals surface area contributed by atoms with Gasteiger partial charge in [-0.25, -0.2) is 4.79 Å². The lowest BCUT2D eigenvalue weighted by molar-refractivity contribution is 0.0540. The molecule has 0 radical (unpaired) electrons. The zero-order chi connectivity index (χ0) is 15.0. The van der Waals surface area contributed by atoms with E-state index in [1.165, 1.54) is 0 Å². The Balaban J connectivity index is 2.57. The van der Waals surface area contributed by atoms with Gasteiger partial charge >= 0.3 is 6.16 Å². The van der Waals surface area contributed by atoms with Gasteiger partial charge in [-0.05, 0) is 49.9 Å². The second-order valence-electron chi connectivity index (χ2n) is 4.41. The molecule has 0 atom stereocenters. The van der Waals surface area contributed by atoms with Crippen LogP contribution in [0.5, 0.6) is 5.75 Å². The summed E-state index contributed by atoms with van der Waals surface area (Å²) >= 11 is 0. The minimum atomic E-state index is -1.30. The Kier molecular flexibility index (Phi) is 7.04. The van der Waals surface area contributed by atoms with Crippen molar-refractivity contribution >= 4 is 6.16 Å². The van der Waals surface area contributed by atoms with E-state index >= 15 is 0 Å². The topological polar surface area (TPSA) is 65.0 Å². The van der Waals surface area contributed by atoms with Crippen molar-refractivity contribution in [3.8, 4) is 5.75 Å². The summed E-state index contributed by atoms with van der Waals surface area (Å²) in [6.45, 7) is 8.23. The molecule has 0 aliphatic rings. The van der Waals surface area contributed by atoms with E-state index in [0.29, 0.717) is 32.2 Å². The second-order valence-corrected chi connectivity index (χ2v) is 4.41. The average Bonchev–Trinajstić information content (AvgIpc) is 2.40. The summed E-state index contributed by atoms with van der Waals surface area (Å²) in [5.41, 5.74) is 3.02. The molecule has 1 aromatic carbocycles. The molecule has 0 saturated heterocycles. The fraction of sp³-hybridized carbons (Fsp3) is 0.533. The largest absolute Gasteiger partial charge is 0.511 e. The number of hydrogen-bond donors (Lipinski definition) is 1. The molecule has 0 bridgehead atoms. The standard InChI is InChI=1S/C15H22O5/c1-4-18-9-10-19-8-7-13-11(2)5-6-14(12(13)3)20-15(16)17/h5-6H,4,7-10H2,1-3H3,(H,16,17). The molecule has 112 valence electrons. The summed E-state index contributed by atoms with van der Waals surface area (Å²) in [4.78, 5) is 10.6. The SMILES string of the molecule is CCOCCOCCc1c(C)ccc(OC(=O)O)c1C. The zero-order valence-electron chi connectivity index (χ0n) is 12.3. The smallest absolute Gasteiger partial charge is 0.449 e. The fourth-order valence-corrected chi connectivity index (χ4v) is 2.00. The van der Waals surface area contributed by atoms with E-state index in [1.807, 2.05) is 26.8 Å². The lowest BCUT2D eigenvalue weighted by Crippen LogP contribution is -2.09. The molecule has 0 unspecified atom stereocenters. The van der Waals surface area contributed by atoms with Crippen LogP contribution in [0.2, 0.25) is 0 Å². The summed E-state index contributed by atoms with van der Waals surface area (Å²) in [5.74, 6) is 0.382. The van der Waals surface area contributed by atoms with Crippen molar-refractivity contribution in [1.82, 2.24) is 0 Å². The van der Waals surface area contributed by atoms with Crippen molar-refractivity contribution in [2.45, 2.75) is 27.2 Å². The third-order valence-electron chi connectivity index (χ3n) is 3.05. The van der Waals surface area contributed by atoms with E-state index in [4.69, 9.17) is 19.3 Å². The molecule has 0 saturated carbocycles. The predicted octanol–water partition coefficient (Wildman–Crippen LogP) is 2.96. The van der Waals surface area contributed by atoms with Crippen molar-refractivity contribution in [3.05, 3.63) is 28.8 Å². The molecule has 1 N–H and O–H groups in total. The molecule has 0 spiro atoms. The first-order chi connectivity index (χ1) is 9.56. The molecule has 1 rings (SSSR count). The van der Waals surface area contributed by atoms with E-state index in [-0.39, 0.29) is 0 Å². The average molecular weight is 282 g/mol. The highest BCUT2D eigenvalue weighted by molar-refractivity contribution is 5.62. The van der Waals surface area contributed by atoms with Crippen molar-refractivity contribution in [2.75, 3.05) is 26.4 Å². The van der Waals surface area contributed by atoms with E-state index in [9.17, 15) is 4.79 Å². The van der Waals surface area contributed by atoms with Crippen LogP contribution in [0.4, 0.5) is 4.79 Å². The molecule has 0 aromatic heterocycles. The molecule has 20 heavy (non-hydrogen) atoms. The van der Waals surface area contributed by atoms with E-state index in [0.717, 1.165) is 23.1 Å². The molecule has 1 aromatic rings. The Hall–Kier alpha value is -1.59. The summed E-state index contributed by atoms with van der Waals surface area (Å²) in [7, 11) is 0. The molecule has 5 heteroatoms. The van der Waals surface area contributed by atoms with Crippen LogP contribution in [0, 0.1) is 13.8 Å². The van der Waals surface area contributed by atoms with Gasteiger partial charge in [0.05, 0.1) is 19.8 Å². The number of carboxylic acid groups (broad SMARTS) is 1. The van der Waals surface area contributed by atoms with Gasteiger partial charge in [0.2, 0.25) is 0 Å². The van der Waals surface area contributed by atoms with Crippen LogP contribution >= 0.6 is 0 Å². The first-order valence-corrected chi connectivity index (χ1v) is 6.71. The normalized spacial score (nSPS) is 10.6. The van der Waals surface area contributed by atoms with Crippen molar-refractivity contribution in [3.63, 3.8) is 0 Å². The van der Waals surface area contributed by atoms with Crippen molar-refractivity contribution in [1.29, 1.82) is 0 Å². The first-order valence-electron chi connectivity index (χ1n) is 6.71. The lowest BCUT2D eigenvalue weighted by atomic mass is 9.99. The van der Waals surface area contributed by atoms with Gasteiger partial charge in [0, 0.05) is 6.61 Å². The van der Waals surface area contributed by atoms with Crippen LogP contribution in [0.25, 0.3) is 0 Å². The van der Waals surface area contributed by atoms with Crippen LogP contribution in [0.15, 0.2) is 12.1 Å². The number of carbonyl (C=O) groups is 1. The highest BCUT2D eigenvalue weighted by Gasteiger charge is 2.11. The summed E-state index contributed by atoms with van der Waals surface area (Å²) in [6.07, 6.45) is -0.573. The van der Waals surface area contributed by atoms with Crippen LogP contribution < -0.4 is 4.74 Å². The molecular weight excluding hydrogens is 260 g/mol. The maximum Gasteiger partial charge on any atom is 0.511 e. The predicted molar refractivity (Wildman–Crippen MR) is 75.6 cm³/mol. The van der Waals surface area contributed by atoms with Crippen LogP contribution in [-0.2, 0) is 15.9 Å². The molecule has 0 heterocycles. The first kappa shape index (κ1) is 16.5. The number of hydrogen-bond acceptors (Lipinski definition) is 4. The Morgan fingerprint density at radius 1 is 1.15 bits per heavy atom. The molecule has 0 aliphatic heterocycles. The third kappa shape index (κ3) is 5.19. The lowest BCUT2D eigenvalue weighted by Gasteiger charge is -2.13. The van der Waals surface area contributed by atoms with E-state index in [2.05, 4.69) is 0 Å². The summed E-state index contributed by atoms with van der Waals surface area (Å²) in [5, 5.41) is 8.69. The molecule has 0 aliphatic carbocycles. The minimum Gasteiger partial charge on any atom is -0.449 e. The Bertz CT molecular complexity index is 442. The number of ether oxygens (including phenoxy) is 3. The zero-order valence-corrected chi connectivity index (χ0v) is 12.3. The Morgan fingerprint density at radius 2 is 1.85 bits per heavy atom. The van der Waals surface area contributed by atoms with Gasteiger partial charge in [0.25, 0.3) is 0 Å². The number of aryl methyl sites for hydroxylation is 1. The van der Waals surface area contributed by atoms with Gasteiger partial charge in [-0.15, -0.1) is 0 Å². The van der Waals surface area contributed by atoms with E-state index < -0.39 is 6.16 Å². The van der Waals surface area contributed by atoms with E-state index in [1.54, 1.807) is 6.07 Å². The quantitative estimate of drug-likeness (QED) is 0.451. The van der Waals surface area contributed by atoms with Crippen LogP contribution in [0.1, 0.15) is 23.6 Å². The highest BCUT2D eigenvalue weighted by atomic mass is 16.7. The molecule has 0 fully saturated rings. The molecule has 5 nitrogen and oxygen atoms in total. The Morgan fingerprint density at radius 3 is 2.50 bits per heavy atom. The van der Waals surface area contributed by atoms with Crippen molar-refractivity contribution < 1.29 is 24.1 Å². The maximum atomic E-state index is 10.6. The van der Waals surface area contributed by atoms with Gasteiger partial charge in [0.15, 0.2) is 0 Å². The van der Waals surface area contributed by atoms with Gasteiger partial charge in [-0.1, -0.05) is 6.07 Å². The molecular formula is C15H22O5. The van der Waals surface area contributed by atoms with Gasteiger partial charge in [0.1, 0.15) is 5.75 Å². The maximum absolute atomic E-state index is 10.6. The van der Waals surface area contributed by atoms with Crippen LogP contribution in [-0.4, -0.2) is 37.7 Å².